The van der Waals surface area contributed by atoms with Crippen LogP contribution >= 0.6 is 0 Å². The summed E-state index contributed by atoms with van der Waals surface area (Å²) in [6.45, 7) is 7.40. The highest BCUT2D eigenvalue weighted by atomic mass is 19.4. The Hall–Kier alpha value is -2.27. The van der Waals surface area contributed by atoms with Crippen LogP contribution in [0, 0.1) is 13.8 Å². The van der Waals surface area contributed by atoms with Gasteiger partial charge < -0.3 is 10.1 Å². The number of para-hydroxylation sites is 1. The number of H-pyrrole nitrogens is 1. The lowest BCUT2D eigenvalue weighted by Gasteiger charge is -2.38. The highest BCUT2D eigenvalue weighted by molar-refractivity contribution is 5.80. The molecule has 2 N–H and O–H groups in total. The summed E-state index contributed by atoms with van der Waals surface area (Å²) >= 11 is 0. The van der Waals surface area contributed by atoms with E-state index in [1.807, 2.05) is 56.3 Å². The third-order valence-corrected chi connectivity index (χ3v) is 5.62. The minimum absolute atomic E-state index is 0.372. The van der Waals surface area contributed by atoms with Crippen LogP contribution in [0.2, 0.25) is 0 Å². The van der Waals surface area contributed by atoms with Gasteiger partial charge in [0.2, 0.25) is 0 Å². The first-order valence-electron chi connectivity index (χ1n) is 9.35. The maximum atomic E-state index is 14.0. The summed E-state index contributed by atoms with van der Waals surface area (Å²) in [5.74, 6) is 0. The minimum atomic E-state index is -4.75. The molecule has 0 bridgehead atoms. The summed E-state index contributed by atoms with van der Waals surface area (Å²) in [5, 5.41) is 11.6. The van der Waals surface area contributed by atoms with Crippen molar-refractivity contribution in [3.63, 3.8) is 0 Å². The van der Waals surface area contributed by atoms with Crippen molar-refractivity contribution in [3.8, 4) is 0 Å². The molecule has 150 valence electrons. The van der Waals surface area contributed by atoms with Gasteiger partial charge in [0.15, 0.2) is 5.60 Å². The summed E-state index contributed by atoms with van der Waals surface area (Å²) in [7, 11) is 0. The Kier molecular flexibility index (Phi) is 5.09. The van der Waals surface area contributed by atoms with E-state index < -0.39 is 30.0 Å². The fraction of sp³-hybridized carbons (Fsp3) is 0.391. The molecule has 2 nitrogen and oxygen atoms in total. The third kappa shape index (κ3) is 3.95. The Balaban J connectivity index is 1.95. The minimum Gasteiger partial charge on any atom is -0.380 e. The zero-order valence-corrected chi connectivity index (χ0v) is 16.6. The lowest BCUT2D eigenvalue weighted by atomic mass is 9.73. The summed E-state index contributed by atoms with van der Waals surface area (Å²) < 4.78 is 41.9. The molecule has 28 heavy (non-hydrogen) atoms. The number of alkyl halides is 3. The number of aromatic nitrogens is 1. The van der Waals surface area contributed by atoms with E-state index in [1.165, 1.54) is 0 Å². The average molecular weight is 389 g/mol. The quantitative estimate of drug-likeness (QED) is 0.553. The van der Waals surface area contributed by atoms with Crippen molar-refractivity contribution in [2.24, 2.45) is 0 Å². The van der Waals surface area contributed by atoms with Crippen LogP contribution < -0.4 is 0 Å². The smallest absolute Gasteiger partial charge is 0.380 e. The van der Waals surface area contributed by atoms with Gasteiger partial charge in [-0.3, -0.25) is 0 Å². The largest absolute Gasteiger partial charge is 0.417 e. The van der Waals surface area contributed by atoms with E-state index in [9.17, 15) is 18.3 Å². The molecule has 5 heteroatoms. The summed E-state index contributed by atoms with van der Waals surface area (Å²) in [5.41, 5.74) is 0.341. The lowest BCUT2D eigenvalue weighted by Crippen LogP contribution is -2.50. The first-order valence-corrected chi connectivity index (χ1v) is 9.35. The second-order valence-corrected chi connectivity index (χ2v) is 8.45. The number of aliphatic hydroxyl groups is 1. The zero-order chi connectivity index (χ0) is 20.7. The van der Waals surface area contributed by atoms with Crippen LogP contribution in [0.1, 0.15) is 42.7 Å². The zero-order valence-electron chi connectivity index (χ0n) is 16.6. The molecular weight excluding hydrogens is 363 g/mol. The Morgan fingerprint density at radius 3 is 2.21 bits per heavy atom. The van der Waals surface area contributed by atoms with Gasteiger partial charge in [0, 0.05) is 17.6 Å². The van der Waals surface area contributed by atoms with Crippen molar-refractivity contribution >= 4 is 10.9 Å². The van der Waals surface area contributed by atoms with E-state index in [0.717, 1.165) is 27.6 Å². The second kappa shape index (κ2) is 6.96. The number of rotatable bonds is 5. The molecule has 0 aliphatic heterocycles. The molecule has 0 spiro atoms. The monoisotopic (exact) mass is 389 g/mol. The molecule has 0 aliphatic carbocycles. The first-order chi connectivity index (χ1) is 12.9. The molecule has 1 atom stereocenters. The van der Waals surface area contributed by atoms with Gasteiger partial charge in [-0.25, -0.2) is 0 Å². The number of aryl methyl sites for hydroxylation is 2. The molecular formula is C23H26F3NO. The molecule has 1 unspecified atom stereocenters. The number of benzene rings is 2. The summed E-state index contributed by atoms with van der Waals surface area (Å²) in [4.78, 5) is 3.01. The standard InChI is InChI=1S/C23H26F3NO/c1-15-9-10-18(11-16(15)2)21(3,4)14-22(28,23(24,25)26)13-19-12-17-7-5-6-8-20(17)27-19/h5-12,27-28H,13-14H2,1-4H3. The van der Waals surface area contributed by atoms with Crippen molar-refractivity contribution < 1.29 is 18.3 Å². The lowest BCUT2D eigenvalue weighted by molar-refractivity contribution is -0.266. The second-order valence-electron chi connectivity index (χ2n) is 8.45. The van der Waals surface area contributed by atoms with Crippen LogP contribution in [0.3, 0.4) is 0 Å². The van der Waals surface area contributed by atoms with Gasteiger partial charge in [-0.1, -0.05) is 50.2 Å². The average Bonchev–Trinajstić information content (AvgIpc) is 2.97. The van der Waals surface area contributed by atoms with Gasteiger partial charge >= 0.3 is 6.18 Å². The number of hydrogen-bond donors (Lipinski definition) is 2. The molecule has 0 fully saturated rings. The molecule has 0 aliphatic rings. The molecule has 0 radical (unpaired) electrons. The number of nitrogens with one attached hydrogen (secondary N) is 1. The van der Waals surface area contributed by atoms with Gasteiger partial charge in [0.25, 0.3) is 0 Å². The predicted octanol–water partition coefficient (Wildman–Crippen LogP) is 5.99. The van der Waals surface area contributed by atoms with Crippen LogP contribution in [0.5, 0.6) is 0 Å². The molecule has 3 aromatic rings. The van der Waals surface area contributed by atoms with Crippen molar-refractivity contribution in [2.45, 2.75) is 57.7 Å². The maximum absolute atomic E-state index is 14.0. The van der Waals surface area contributed by atoms with Gasteiger partial charge in [0.05, 0.1) is 0 Å². The third-order valence-electron chi connectivity index (χ3n) is 5.62. The predicted molar refractivity (Wildman–Crippen MR) is 107 cm³/mol. The van der Waals surface area contributed by atoms with Crippen LogP contribution in [0.4, 0.5) is 13.2 Å². The fourth-order valence-electron chi connectivity index (χ4n) is 3.80. The number of fused-ring (bicyclic) bond motifs is 1. The molecule has 3 rings (SSSR count). The van der Waals surface area contributed by atoms with E-state index in [2.05, 4.69) is 4.98 Å². The van der Waals surface area contributed by atoms with Crippen molar-refractivity contribution in [1.29, 1.82) is 0 Å². The number of halogens is 3. The van der Waals surface area contributed by atoms with Gasteiger partial charge in [-0.15, -0.1) is 0 Å². The summed E-state index contributed by atoms with van der Waals surface area (Å²) in [6, 6.07) is 14.6. The molecule has 0 saturated carbocycles. The van der Waals surface area contributed by atoms with Gasteiger partial charge in [-0.05, 0) is 59.9 Å². The Bertz CT molecular complexity index is 954. The van der Waals surface area contributed by atoms with Crippen molar-refractivity contribution in [1.82, 2.24) is 4.98 Å². The SMILES string of the molecule is Cc1ccc(C(C)(C)CC(O)(Cc2cc3ccccc3[nH]2)C(F)(F)F)cc1C. The normalized spacial score (nSPS) is 15.0. The molecule has 1 heterocycles. The summed E-state index contributed by atoms with van der Waals surface area (Å²) in [6.07, 6.45) is -5.69. The van der Waals surface area contributed by atoms with Crippen molar-refractivity contribution in [3.05, 3.63) is 70.9 Å². The van der Waals surface area contributed by atoms with Gasteiger partial charge in [0.1, 0.15) is 0 Å². The molecule has 0 saturated heterocycles. The van der Waals surface area contributed by atoms with E-state index in [1.54, 1.807) is 19.9 Å². The van der Waals surface area contributed by atoms with E-state index in [0.29, 0.717) is 5.69 Å². The first kappa shape index (κ1) is 20.5. The van der Waals surface area contributed by atoms with E-state index >= 15 is 0 Å². The number of hydrogen-bond acceptors (Lipinski definition) is 1. The van der Waals surface area contributed by atoms with Crippen LogP contribution in [0.25, 0.3) is 10.9 Å². The maximum Gasteiger partial charge on any atom is 0.417 e. The highest BCUT2D eigenvalue weighted by Crippen LogP contribution is 2.43. The van der Waals surface area contributed by atoms with Crippen LogP contribution in [0.15, 0.2) is 48.5 Å². The Morgan fingerprint density at radius 2 is 1.61 bits per heavy atom. The molecule has 0 amide bonds. The number of aromatic amines is 1. The fourth-order valence-corrected chi connectivity index (χ4v) is 3.80. The van der Waals surface area contributed by atoms with E-state index in [4.69, 9.17) is 0 Å². The van der Waals surface area contributed by atoms with E-state index in [-0.39, 0.29) is 0 Å². The van der Waals surface area contributed by atoms with Crippen molar-refractivity contribution in [2.75, 3.05) is 0 Å². The molecule has 1 aromatic heterocycles. The van der Waals surface area contributed by atoms with Crippen LogP contribution in [-0.4, -0.2) is 21.9 Å². The van der Waals surface area contributed by atoms with Gasteiger partial charge in [-0.2, -0.15) is 13.2 Å². The highest BCUT2D eigenvalue weighted by Gasteiger charge is 2.56. The topological polar surface area (TPSA) is 36.0 Å². The Labute approximate surface area is 163 Å². The Morgan fingerprint density at radius 1 is 0.929 bits per heavy atom. The van der Waals surface area contributed by atoms with Crippen LogP contribution in [-0.2, 0) is 11.8 Å². The molecule has 2 aromatic carbocycles.